The van der Waals surface area contributed by atoms with Crippen LogP contribution in [0.3, 0.4) is 0 Å². The van der Waals surface area contributed by atoms with Crippen LogP contribution >= 0.6 is 11.6 Å². The van der Waals surface area contributed by atoms with Crippen LogP contribution in [0.15, 0.2) is 18.2 Å². The summed E-state index contributed by atoms with van der Waals surface area (Å²) in [7, 11) is 0. The van der Waals surface area contributed by atoms with Gasteiger partial charge in [0.15, 0.2) is 0 Å². The Labute approximate surface area is 109 Å². The van der Waals surface area contributed by atoms with Crippen LogP contribution in [0.1, 0.15) is 56.6 Å². The van der Waals surface area contributed by atoms with Crippen LogP contribution in [0.25, 0.3) is 0 Å². The molecule has 94 valence electrons. The van der Waals surface area contributed by atoms with Gasteiger partial charge in [-0.2, -0.15) is 0 Å². The van der Waals surface area contributed by atoms with Crippen molar-refractivity contribution in [2.45, 2.75) is 52.0 Å². The van der Waals surface area contributed by atoms with E-state index in [1.54, 1.807) is 0 Å². The summed E-state index contributed by atoms with van der Waals surface area (Å²) in [4.78, 5) is 0. The van der Waals surface area contributed by atoms with E-state index in [1.807, 2.05) is 6.07 Å². The first-order chi connectivity index (χ1) is 8.02. The van der Waals surface area contributed by atoms with Gasteiger partial charge in [-0.25, -0.2) is 0 Å². The molecule has 1 nitrogen and oxygen atoms in total. The van der Waals surface area contributed by atoms with Gasteiger partial charge in [0.2, 0.25) is 0 Å². The first-order valence-electron chi connectivity index (χ1n) is 6.50. The van der Waals surface area contributed by atoms with Gasteiger partial charge in [0.05, 0.1) is 0 Å². The molecule has 1 saturated carbocycles. The summed E-state index contributed by atoms with van der Waals surface area (Å²) in [5.74, 6) is 0.641. The van der Waals surface area contributed by atoms with E-state index in [0.29, 0.717) is 17.9 Å². The zero-order valence-corrected chi connectivity index (χ0v) is 11.6. The van der Waals surface area contributed by atoms with E-state index in [2.05, 4.69) is 26.0 Å². The van der Waals surface area contributed by atoms with Gasteiger partial charge >= 0.3 is 0 Å². The van der Waals surface area contributed by atoms with Crippen molar-refractivity contribution in [1.82, 2.24) is 0 Å². The van der Waals surface area contributed by atoms with Crippen LogP contribution < -0.4 is 5.73 Å². The molecule has 1 aliphatic rings. The number of benzene rings is 1. The molecule has 0 heterocycles. The van der Waals surface area contributed by atoms with Crippen LogP contribution in [-0.4, -0.2) is 0 Å². The summed E-state index contributed by atoms with van der Waals surface area (Å²) < 4.78 is 0. The van der Waals surface area contributed by atoms with E-state index >= 15 is 0 Å². The van der Waals surface area contributed by atoms with Crippen molar-refractivity contribution >= 4 is 11.6 Å². The Morgan fingerprint density at radius 1 is 1.29 bits per heavy atom. The molecule has 2 rings (SSSR count). The topological polar surface area (TPSA) is 26.0 Å². The van der Waals surface area contributed by atoms with Crippen molar-refractivity contribution in [3.8, 4) is 0 Å². The smallest absolute Gasteiger partial charge is 0.0444 e. The maximum Gasteiger partial charge on any atom is 0.0444 e. The van der Waals surface area contributed by atoms with Crippen LogP contribution in [-0.2, 0) is 6.54 Å². The molecule has 1 aromatic carbocycles. The number of nitrogens with two attached hydrogens (primary N) is 1. The largest absolute Gasteiger partial charge is 0.326 e. The summed E-state index contributed by atoms with van der Waals surface area (Å²) in [6, 6.07) is 6.31. The maximum atomic E-state index is 6.36. The highest BCUT2D eigenvalue weighted by atomic mass is 35.5. The Morgan fingerprint density at radius 2 is 1.94 bits per heavy atom. The lowest BCUT2D eigenvalue weighted by Gasteiger charge is -2.34. The highest BCUT2D eigenvalue weighted by Crippen LogP contribution is 2.43. The van der Waals surface area contributed by atoms with Gasteiger partial charge in [-0.15, -0.1) is 0 Å². The Kier molecular flexibility index (Phi) is 3.79. The maximum absolute atomic E-state index is 6.36. The molecule has 0 radical (unpaired) electrons. The first kappa shape index (κ1) is 12.9. The molecule has 2 N–H and O–H groups in total. The molecule has 0 bridgehead atoms. The van der Waals surface area contributed by atoms with Gasteiger partial charge in [-0.1, -0.05) is 37.6 Å². The number of rotatable bonds is 2. The lowest BCUT2D eigenvalue weighted by molar-refractivity contribution is 0.224. The fourth-order valence-corrected chi connectivity index (χ4v) is 3.10. The van der Waals surface area contributed by atoms with E-state index in [1.165, 1.54) is 31.2 Å². The molecule has 0 aromatic heterocycles. The van der Waals surface area contributed by atoms with Gasteiger partial charge in [0.1, 0.15) is 0 Å². The van der Waals surface area contributed by atoms with Crippen molar-refractivity contribution < 1.29 is 0 Å². The van der Waals surface area contributed by atoms with Crippen LogP contribution in [0, 0.1) is 5.41 Å². The molecule has 17 heavy (non-hydrogen) atoms. The zero-order chi connectivity index (χ0) is 12.5. The zero-order valence-electron chi connectivity index (χ0n) is 10.8. The van der Waals surface area contributed by atoms with Crippen molar-refractivity contribution in [1.29, 1.82) is 0 Å². The van der Waals surface area contributed by atoms with E-state index in [4.69, 9.17) is 17.3 Å². The average molecular weight is 252 g/mol. The SMILES string of the molecule is CC1(C)CCC(c2ccc(CN)cc2Cl)CC1. The molecule has 0 atom stereocenters. The Balaban J connectivity index is 2.13. The predicted octanol–water partition coefficient (Wildman–Crippen LogP) is 4.48. The third kappa shape index (κ3) is 3.02. The minimum atomic E-state index is 0.514. The number of hydrogen-bond acceptors (Lipinski definition) is 1. The second kappa shape index (κ2) is 4.99. The van der Waals surface area contributed by atoms with Crippen molar-refractivity contribution in [2.75, 3.05) is 0 Å². The van der Waals surface area contributed by atoms with Gasteiger partial charge in [0.25, 0.3) is 0 Å². The highest BCUT2D eigenvalue weighted by molar-refractivity contribution is 6.31. The molecule has 0 saturated heterocycles. The highest BCUT2D eigenvalue weighted by Gasteiger charge is 2.28. The van der Waals surface area contributed by atoms with Crippen molar-refractivity contribution in [2.24, 2.45) is 11.1 Å². The van der Waals surface area contributed by atoms with Crippen molar-refractivity contribution in [3.05, 3.63) is 34.3 Å². The Hall–Kier alpha value is -0.530. The summed E-state index contributed by atoms with van der Waals surface area (Å²) in [5, 5.41) is 0.901. The Morgan fingerprint density at radius 3 is 2.47 bits per heavy atom. The minimum Gasteiger partial charge on any atom is -0.326 e. The van der Waals surface area contributed by atoms with Gasteiger partial charge in [-0.05, 0) is 54.2 Å². The Bertz CT molecular complexity index is 388. The van der Waals surface area contributed by atoms with Crippen LogP contribution in [0.4, 0.5) is 0 Å². The monoisotopic (exact) mass is 251 g/mol. The second-order valence-electron chi connectivity index (χ2n) is 6.00. The lowest BCUT2D eigenvalue weighted by atomic mass is 9.71. The van der Waals surface area contributed by atoms with Crippen molar-refractivity contribution in [3.63, 3.8) is 0 Å². The van der Waals surface area contributed by atoms with Gasteiger partial charge < -0.3 is 5.73 Å². The fraction of sp³-hybridized carbons (Fsp3) is 0.600. The van der Waals surface area contributed by atoms with E-state index in [0.717, 1.165) is 10.6 Å². The predicted molar refractivity (Wildman–Crippen MR) is 74.3 cm³/mol. The average Bonchev–Trinajstić information content (AvgIpc) is 2.29. The molecule has 0 aliphatic heterocycles. The minimum absolute atomic E-state index is 0.514. The van der Waals surface area contributed by atoms with E-state index in [-0.39, 0.29) is 0 Å². The molecule has 1 fully saturated rings. The normalized spacial score (nSPS) is 20.5. The molecular weight excluding hydrogens is 230 g/mol. The summed E-state index contributed by atoms with van der Waals surface area (Å²) in [5.41, 5.74) is 8.58. The standard InChI is InChI=1S/C15H22ClN/c1-15(2)7-5-12(6-8-15)13-4-3-11(10-17)9-14(13)16/h3-4,9,12H,5-8,10,17H2,1-2H3. The molecule has 0 unspecified atom stereocenters. The number of halogens is 1. The van der Waals surface area contributed by atoms with Gasteiger partial charge in [0, 0.05) is 11.6 Å². The molecular formula is C15H22ClN. The van der Waals surface area contributed by atoms with Crippen LogP contribution in [0.5, 0.6) is 0 Å². The van der Waals surface area contributed by atoms with Gasteiger partial charge in [-0.3, -0.25) is 0 Å². The summed E-state index contributed by atoms with van der Waals surface area (Å²) in [6.45, 7) is 5.29. The van der Waals surface area contributed by atoms with Crippen LogP contribution in [0.2, 0.25) is 5.02 Å². The molecule has 0 spiro atoms. The molecule has 0 amide bonds. The third-order valence-electron chi connectivity index (χ3n) is 4.08. The fourth-order valence-electron chi connectivity index (χ4n) is 2.74. The number of hydrogen-bond donors (Lipinski definition) is 1. The van der Waals surface area contributed by atoms with E-state index < -0.39 is 0 Å². The second-order valence-corrected chi connectivity index (χ2v) is 6.41. The third-order valence-corrected chi connectivity index (χ3v) is 4.41. The van der Waals surface area contributed by atoms with E-state index in [9.17, 15) is 0 Å². The molecule has 2 heteroatoms. The molecule has 1 aromatic rings. The summed E-state index contributed by atoms with van der Waals surface area (Å²) >= 11 is 6.36. The lowest BCUT2D eigenvalue weighted by Crippen LogP contribution is -2.20. The quantitative estimate of drug-likeness (QED) is 0.824. The first-order valence-corrected chi connectivity index (χ1v) is 6.88. The molecule has 1 aliphatic carbocycles. The summed E-state index contributed by atoms with van der Waals surface area (Å²) in [6.07, 6.45) is 5.11.